The number of nitrogens with one attached hydrogen (secondary N) is 2. The molecule has 0 aliphatic rings. The highest BCUT2D eigenvalue weighted by Gasteiger charge is 2.16. The third-order valence-corrected chi connectivity index (χ3v) is 3.79. The largest absolute Gasteiger partial charge is 0.468 e. The van der Waals surface area contributed by atoms with Crippen molar-refractivity contribution in [2.24, 2.45) is 0 Å². The highest BCUT2D eigenvalue weighted by Crippen LogP contribution is 2.19. The second-order valence-electron chi connectivity index (χ2n) is 4.05. The van der Waals surface area contributed by atoms with E-state index in [-0.39, 0.29) is 28.2 Å². The van der Waals surface area contributed by atoms with Crippen LogP contribution in [-0.2, 0) is 9.53 Å². The van der Waals surface area contributed by atoms with Gasteiger partial charge in [0.15, 0.2) is 27.1 Å². The molecule has 11 heteroatoms. The molecule has 0 fully saturated rings. The van der Waals surface area contributed by atoms with Crippen LogP contribution in [0.1, 0.15) is 10.6 Å². The van der Waals surface area contributed by atoms with E-state index < -0.39 is 17.4 Å². The molecule has 0 saturated carbocycles. The lowest BCUT2D eigenvalue weighted by atomic mass is 10.4. The number of hydrogen-bond donors (Lipinski definition) is 3. The van der Waals surface area contributed by atoms with Crippen molar-refractivity contribution in [1.29, 1.82) is 0 Å². The Labute approximate surface area is 142 Å². The number of hydrogen-bond acceptors (Lipinski definition) is 8. The minimum atomic E-state index is -0.649. The quantitative estimate of drug-likeness (QED) is 0.385. The number of halogens is 1. The molecule has 0 aliphatic heterocycles. The van der Waals surface area contributed by atoms with Gasteiger partial charge in [-0.3, -0.25) is 19.4 Å². The van der Waals surface area contributed by atoms with Crippen LogP contribution >= 0.6 is 27.7 Å². The van der Waals surface area contributed by atoms with Crippen LogP contribution in [0, 0.1) is 0 Å². The number of nitrogen functional groups attached to an aromatic ring is 1. The van der Waals surface area contributed by atoms with Crippen LogP contribution < -0.4 is 16.6 Å². The molecule has 2 aromatic rings. The van der Waals surface area contributed by atoms with Gasteiger partial charge in [0.25, 0.3) is 11.5 Å². The Morgan fingerprint density at radius 2 is 2.26 bits per heavy atom. The molecule has 4 N–H and O–H groups in total. The first-order valence-corrected chi connectivity index (χ1v) is 7.84. The van der Waals surface area contributed by atoms with Crippen molar-refractivity contribution in [3.8, 4) is 0 Å². The number of amides is 1. The Morgan fingerprint density at radius 1 is 1.52 bits per heavy atom. The Morgan fingerprint density at radius 3 is 2.83 bits per heavy atom. The zero-order chi connectivity index (χ0) is 17.0. The van der Waals surface area contributed by atoms with Crippen LogP contribution in [0.15, 0.2) is 31.2 Å². The van der Waals surface area contributed by atoms with E-state index in [0.29, 0.717) is 4.67 Å². The van der Waals surface area contributed by atoms with Gasteiger partial charge in [-0.25, -0.2) is 4.98 Å². The fourth-order valence-electron chi connectivity index (χ4n) is 1.46. The van der Waals surface area contributed by atoms with E-state index in [1.165, 1.54) is 19.2 Å². The van der Waals surface area contributed by atoms with Crippen LogP contribution in [0.5, 0.6) is 0 Å². The van der Waals surface area contributed by atoms with E-state index in [1.54, 1.807) is 0 Å². The van der Waals surface area contributed by atoms with Gasteiger partial charge in [-0.05, 0) is 28.1 Å². The average Bonchev–Trinajstić information content (AvgIpc) is 2.95. The molecular weight excluding hydrogens is 392 g/mol. The number of ether oxygens (including phenoxy) is 1. The molecule has 0 saturated heterocycles. The molecule has 122 valence electrons. The number of methoxy groups -OCH3 is 1. The van der Waals surface area contributed by atoms with Crippen LogP contribution in [0.25, 0.3) is 0 Å². The number of esters is 1. The minimum absolute atomic E-state index is 0.000169. The van der Waals surface area contributed by atoms with E-state index in [4.69, 9.17) is 10.2 Å². The van der Waals surface area contributed by atoms with E-state index in [9.17, 15) is 14.4 Å². The smallest absolute Gasteiger partial charge is 0.316 e. The lowest BCUT2D eigenvalue weighted by molar-refractivity contribution is -0.137. The fraction of sp³-hybridized carbons (Fsp3) is 0.167. The number of furan rings is 1. The molecule has 1 amide bonds. The highest BCUT2D eigenvalue weighted by molar-refractivity contribution is 9.10. The topological polar surface area (TPSA) is 140 Å². The third kappa shape index (κ3) is 4.36. The van der Waals surface area contributed by atoms with E-state index >= 15 is 0 Å². The summed E-state index contributed by atoms with van der Waals surface area (Å²) >= 11 is 4.02. The third-order valence-electron chi connectivity index (χ3n) is 2.52. The fourth-order valence-corrected chi connectivity index (χ4v) is 2.46. The Kier molecular flexibility index (Phi) is 5.45. The maximum Gasteiger partial charge on any atom is 0.316 e. The standard InChI is InChI=1S/C12H11BrN4O5S/c1-21-7(18)4-23-12-16-9(14)8(11(20)17-12)15-10(19)5-2-3-6(13)22-5/h2-3H,4H2,1H3,(H,15,19)(H3,14,16,17,20). The molecule has 0 spiro atoms. The Balaban J connectivity index is 2.15. The predicted molar refractivity (Wildman–Crippen MR) is 86.4 cm³/mol. The van der Waals surface area contributed by atoms with Crippen molar-refractivity contribution < 1.29 is 18.7 Å². The summed E-state index contributed by atoms with van der Waals surface area (Å²) in [5.41, 5.74) is 4.82. The molecule has 2 heterocycles. The van der Waals surface area contributed by atoms with Crippen LogP contribution in [0.4, 0.5) is 11.5 Å². The number of aromatic nitrogens is 2. The molecule has 0 aromatic carbocycles. The zero-order valence-corrected chi connectivity index (χ0v) is 14.1. The molecule has 23 heavy (non-hydrogen) atoms. The molecular formula is C12H11BrN4O5S. The van der Waals surface area contributed by atoms with Gasteiger partial charge in [0.05, 0.1) is 12.9 Å². The molecule has 9 nitrogen and oxygen atoms in total. The first kappa shape index (κ1) is 17.1. The van der Waals surface area contributed by atoms with Gasteiger partial charge in [0.2, 0.25) is 0 Å². The maximum atomic E-state index is 12.0. The number of rotatable bonds is 5. The number of nitrogens with zero attached hydrogens (tertiary/aromatic N) is 1. The van der Waals surface area contributed by atoms with Crippen molar-refractivity contribution in [3.05, 3.63) is 32.9 Å². The number of aromatic amines is 1. The van der Waals surface area contributed by atoms with Gasteiger partial charge in [-0.2, -0.15) is 0 Å². The van der Waals surface area contributed by atoms with Gasteiger partial charge >= 0.3 is 5.97 Å². The number of carbonyl (C=O) groups excluding carboxylic acids is 2. The van der Waals surface area contributed by atoms with E-state index in [0.717, 1.165) is 11.8 Å². The number of thioether (sulfide) groups is 1. The summed E-state index contributed by atoms with van der Waals surface area (Å²) in [6.45, 7) is 0. The molecule has 2 aromatic heterocycles. The highest BCUT2D eigenvalue weighted by atomic mass is 79.9. The first-order chi connectivity index (χ1) is 10.9. The second-order valence-corrected chi connectivity index (χ2v) is 5.80. The van der Waals surface area contributed by atoms with Crippen LogP contribution in [0.2, 0.25) is 0 Å². The van der Waals surface area contributed by atoms with Gasteiger partial charge in [0, 0.05) is 0 Å². The minimum Gasteiger partial charge on any atom is -0.468 e. The average molecular weight is 403 g/mol. The first-order valence-electron chi connectivity index (χ1n) is 6.06. The molecule has 0 radical (unpaired) electrons. The number of anilines is 2. The van der Waals surface area contributed by atoms with Crippen molar-refractivity contribution in [2.45, 2.75) is 5.16 Å². The van der Waals surface area contributed by atoms with Crippen LogP contribution in [0.3, 0.4) is 0 Å². The summed E-state index contributed by atoms with van der Waals surface area (Å²) in [6.07, 6.45) is 0. The lowest BCUT2D eigenvalue weighted by Crippen LogP contribution is -2.23. The number of nitrogens with two attached hydrogens (primary N) is 1. The summed E-state index contributed by atoms with van der Waals surface area (Å²) in [6, 6.07) is 2.96. The molecule has 2 rings (SSSR count). The van der Waals surface area contributed by atoms with Gasteiger partial charge in [0.1, 0.15) is 0 Å². The van der Waals surface area contributed by atoms with Crippen molar-refractivity contribution in [2.75, 3.05) is 23.9 Å². The van der Waals surface area contributed by atoms with Crippen LogP contribution in [-0.4, -0.2) is 34.7 Å². The monoisotopic (exact) mass is 402 g/mol. The Bertz CT molecular complexity index is 803. The van der Waals surface area contributed by atoms with Crippen molar-refractivity contribution in [3.63, 3.8) is 0 Å². The number of H-pyrrole nitrogens is 1. The van der Waals surface area contributed by atoms with Crippen molar-refractivity contribution >= 4 is 51.1 Å². The van der Waals surface area contributed by atoms with E-state index in [2.05, 4.69) is 36.0 Å². The molecule has 0 unspecified atom stereocenters. The lowest BCUT2D eigenvalue weighted by Gasteiger charge is -2.07. The zero-order valence-electron chi connectivity index (χ0n) is 11.7. The number of carbonyl (C=O) groups is 2. The molecule has 0 aliphatic carbocycles. The Hall–Kier alpha value is -2.27. The second kappa shape index (κ2) is 7.33. The SMILES string of the molecule is COC(=O)CSc1nc(N)c(NC(=O)c2ccc(Br)o2)c(=O)[nH]1. The molecule has 0 bridgehead atoms. The van der Waals surface area contributed by atoms with Gasteiger partial charge < -0.3 is 20.2 Å². The van der Waals surface area contributed by atoms with E-state index in [1.807, 2.05) is 0 Å². The summed E-state index contributed by atoms with van der Waals surface area (Å²) in [7, 11) is 1.25. The summed E-state index contributed by atoms with van der Waals surface area (Å²) < 4.78 is 9.92. The molecule has 0 atom stereocenters. The summed E-state index contributed by atoms with van der Waals surface area (Å²) in [5.74, 6) is -1.34. The van der Waals surface area contributed by atoms with Crippen molar-refractivity contribution in [1.82, 2.24) is 9.97 Å². The normalized spacial score (nSPS) is 10.3. The van der Waals surface area contributed by atoms with Gasteiger partial charge in [-0.15, -0.1) is 0 Å². The predicted octanol–water partition coefficient (Wildman–Crippen LogP) is 1.22. The summed E-state index contributed by atoms with van der Waals surface area (Å²) in [5, 5.41) is 2.46. The maximum absolute atomic E-state index is 12.0. The summed E-state index contributed by atoms with van der Waals surface area (Å²) in [4.78, 5) is 41.3. The van der Waals surface area contributed by atoms with Gasteiger partial charge in [-0.1, -0.05) is 11.8 Å².